The van der Waals surface area contributed by atoms with E-state index in [1.807, 2.05) is 44.2 Å². The first-order chi connectivity index (χ1) is 16.0. The zero-order valence-corrected chi connectivity index (χ0v) is 21.4. The third-order valence-electron chi connectivity index (χ3n) is 6.11. The van der Waals surface area contributed by atoms with Gasteiger partial charge in [0.05, 0.1) is 12.9 Å². The number of likely N-dealkylation sites (tertiary alicyclic amines) is 1. The number of methoxy groups -OCH3 is 1. The normalized spacial score (nSPS) is 20.3. The van der Waals surface area contributed by atoms with Gasteiger partial charge in [0.15, 0.2) is 0 Å². The Morgan fingerprint density at radius 1 is 1.24 bits per heavy atom. The van der Waals surface area contributed by atoms with Crippen molar-refractivity contribution in [2.24, 2.45) is 17.6 Å². The van der Waals surface area contributed by atoms with Crippen molar-refractivity contribution in [2.75, 3.05) is 19.8 Å². The molecule has 2 rings (SSSR count). The fourth-order valence-electron chi connectivity index (χ4n) is 4.29. The van der Waals surface area contributed by atoms with Crippen LogP contribution in [0, 0.1) is 11.8 Å². The summed E-state index contributed by atoms with van der Waals surface area (Å²) in [7, 11) is -2.56. The molecule has 5 atom stereocenters. The second-order valence-corrected chi connectivity index (χ2v) is 12.0. The fraction of sp³-hybridized carbons (Fsp3) is 0.625. The summed E-state index contributed by atoms with van der Waals surface area (Å²) in [5, 5.41) is 2.73. The average molecular weight is 496 g/mol. The number of hydrogen-bond donors (Lipinski definition) is 3. The van der Waals surface area contributed by atoms with Crippen LogP contribution in [-0.2, 0) is 30.1 Å². The van der Waals surface area contributed by atoms with Gasteiger partial charge >= 0.3 is 5.97 Å². The number of carbonyl (C=O) groups is 3. The minimum Gasteiger partial charge on any atom is -0.467 e. The maximum Gasteiger partial charge on any atom is 0.328 e. The van der Waals surface area contributed by atoms with Crippen LogP contribution in [0.1, 0.15) is 45.6 Å². The van der Waals surface area contributed by atoms with Gasteiger partial charge in [0.25, 0.3) is 0 Å². The predicted octanol–water partition coefficient (Wildman–Crippen LogP) is 2.12. The van der Waals surface area contributed by atoms with Gasteiger partial charge in [0.1, 0.15) is 12.1 Å². The van der Waals surface area contributed by atoms with Crippen molar-refractivity contribution in [1.82, 2.24) is 10.2 Å². The van der Waals surface area contributed by atoms with Crippen LogP contribution in [0.3, 0.4) is 0 Å². The van der Waals surface area contributed by atoms with E-state index >= 15 is 0 Å². The highest BCUT2D eigenvalue weighted by Gasteiger charge is 2.40. The van der Waals surface area contributed by atoms with Gasteiger partial charge in [-0.1, -0.05) is 51.1 Å². The van der Waals surface area contributed by atoms with E-state index in [9.17, 15) is 23.8 Å². The molecule has 0 saturated carbocycles. The Balaban J connectivity index is 2.03. The lowest BCUT2D eigenvalue weighted by Gasteiger charge is -2.29. The summed E-state index contributed by atoms with van der Waals surface area (Å²) in [6.07, 6.45) is 1.48. The molecule has 1 aliphatic rings. The number of amides is 2. The summed E-state index contributed by atoms with van der Waals surface area (Å²) in [5.41, 5.74) is 6.90. The fourth-order valence-corrected chi connectivity index (χ4v) is 5.99. The molecule has 0 radical (unpaired) electrons. The Morgan fingerprint density at radius 3 is 2.47 bits per heavy atom. The molecular formula is C24H38N3O6P. The molecule has 1 aliphatic heterocycles. The highest BCUT2D eigenvalue weighted by atomic mass is 31.2. The average Bonchev–Trinajstić information content (AvgIpc) is 3.27. The van der Waals surface area contributed by atoms with Crippen molar-refractivity contribution in [3.8, 4) is 0 Å². The lowest BCUT2D eigenvalue weighted by molar-refractivity contribution is -0.147. The van der Waals surface area contributed by atoms with E-state index in [2.05, 4.69) is 5.32 Å². The van der Waals surface area contributed by atoms with Gasteiger partial charge in [-0.15, -0.1) is 0 Å². The largest absolute Gasteiger partial charge is 0.467 e. The van der Waals surface area contributed by atoms with Gasteiger partial charge < -0.3 is 25.6 Å². The van der Waals surface area contributed by atoms with Crippen molar-refractivity contribution in [2.45, 2.75) is 64.3 Å². The Hall–Kier alpha value is -2.22. The van der Waals surface area contributed by atoms with Crippen LogP contribution in [0.15, 0.2) is 30.3 Å². The van der Waals surface area contributed by atoms with E-state index in [-0.39, 0.29) is 24.4 Å². The number of nitrogens with zero attached hydrogens (tertiary/aromatic N) is 1. The van der Waals surface area contributed by atoms with E-state index in [0.29, 0.717) is 25.8 Å². The van der Waals surface area contributed by atoms with E-state index in [0.717, 1.165) is 5.56 Å². The summed E-state index contributed by atoms with van der Waals surface area (Å²) in [6, 6.07) is 7.67. The standard InChI is InChI=1S/C24H38N3O6P/c1-16(2)13-19(24(30)33-4)26-22(28)20-11-8-12-27(20)23(29)17(3)15-34(31,32)21(25)14-18-9-6-5-7-10-18/h5-7,9-10,16-17,19-21H,8,11-15,25H2,1-4H3,(H,26,28)(H,31,32)/t17?,19-,20-,21?/m0/s1. The van der Waals surface area contributed by atoms with Crippen LogP contribution in [0.4, 0.5) is 0 Å². The number of rotatable bonds is 11. The molecule has 9 nitrogen and oxygen atoms in total. The van der Waals surface area contributed by atoms with Crippen LogP contribution in [0.5, 0.6) is 0 Å². The zero-order valence-electron chi connectivity index (χ0n) is 20.5. The quantitative estimate of drug-likeness (QED) is 0.316. The van der Waals surface area contributed by atoms with E-state index in [1.54, 1.807) is 6.92 Å². The first-order valence-corrected chi connectivity index (χ1v) is 13.7. The lowest BCUT2D eigenvalue weighted by Crippen LogP contribution is -2.52. The van der Waals surface area contributed by atoms with E-state index in [4.69, 9.17) is 10.5 Å². The van der Waals surface area contributed by atoms with Crippen molar-refractivity contribution < 1.29 is 28.6 Å². The molecule has 0 aromatic heterocycles. The number of hydrogen-bond acceptors (Lipinski definition) is 6. The van der Waals surface area contributed by atoms with Crippen LogP contribution in [-0.4, -0.2) is 65.3 Å². The first kappa shape index (κ1) is 28.0. The molecule has 1 aromatic rings. The molecule has 0 aliphatic carbocycles. The predicted molar refractivity (Wildman–Crippen MR) is 130 cm³/mol. The molecule has 0 spiro atoms. The zero-order chi connectivity index (χ0) is 25.5. The second-order valence-electron chi connectivity index (χ2n) is 9.50. The van der Waals surface area contributed by atoms with Crippen LogP contribution in [0.2, 0.25) is 0 Å². The van der Waals surface area contributed by atoms with Crippen molar-refractivity contribution in [3.63, 3.8) is 0 Å². The molecule has 1 heterocycles. The van der Waals surface area contributed by atoms with Crippen molar-refractivity contribution in [3.05, 3.63) is 35.9 Å². The molecule has 1 aromatic carbocycles. The van der Waals surface area contributed by atoms with Crippen LogP contribution < -0.4 is 11.1 Å². The number of carbonyl (C=O) groups excluding carboxylic acids is 3. The first-order valence-electron chi connectivity index (χ1n) is 11.8. The topological polar surface area (TPSA) is 139 Å². The molecule has 1 saturated heterocycles. The minimum atomic E-state index is -3.83. The molecule has 3 unspecified atom stereocenters. The van der Waals surface area contributed by atoms with E-state index < -0.39 is 43.0 Å². The highest BCUT2D eigenvalue weighted by Crippen LogP contribution is 2.47. The van der Waals surface area contributed by atoms with Crippen molar-refractivity contribution >= 4 is 25.2 Å². The molecule has 4 N–H and O–H groups in total. The van der Waals surface area contributed by atoms with Gasteiger partial charge in [-0.25, -0.2) is 4.79 Å². The lowest BCUT2D eigenvalue weighted by atomic mass is 10.0. The van der Waals surface area contributed by atoms with Gasteiger partial charge in [-0.05, 0) is 37.2 Å². The SMILES string of the molecule is COC(=O)[C@H](CC(C)C)NC(=O)[C@@H]1CCCN1C(=O)C(C)CP(=O)(O)C(N)Cc1ccccc1. The van der Waals surface area contributed by atoms with Gasteiger partial charge in [0.2, 0.25) is 19.2 Å². The summed E-state index contributed by atoms with van der Waals surface area (Å²) in [5.74, 6) is -2.92. The summed E-state index contributed by atoms with van der Waals surface area (Å²) in [4.78, 5) is 50.2. The monoisotopic (exact) mass is 495 g/mol. The van der Waals surface area contributed by atoms with Crippen molar-refractivity contribution in [1.29, 1.82) is 0 Å². The molecule has 10 heteroatoms. The molecular weight excluding hydrogens is 457 g/mol. The Morgan fingerprint density at radius 2 is 1.88 bits per heavy atom. The number of benzene rings is 1. The molecule has 34 heavy (non-hydrogen) atoms. The van der Waals surface area contributed by atoms with Crippen LogP contribution in [0.25, 0.3) is 0 Å². The highest BCUT2D eigenvalue weighted by molar-refractivity contribution is 7.58. The molecule has 190 valence electrons. The number of nitrogens with one attached hydrogen (secondary N) is 1. The van der Waals surface area contributed by atoms with Gasteiger partial charge in [-0.3, -0.25) is 14.2 Å². The number of nitrogens with two attached hydrogens (primary N) is 1. The second kappa shape index (κ2) is 12.5. The van der Waals surface area contributed by atoms with Gasteiger partial charge in [-0.2, -0.15) is 0 Å². The Bertz CT molecular complexity index is 894. The molecule has 0 bridgehead atoms. The Kier molecular flexibility index (Phi) is 10.3. The van der Waals surface area contributed by atoms with Crippen LogP contribution >= 0.6 is 7.37 Å². The maximum absolute atomic E-state index is 13.2. The molecule has 1 fully saturated rings. The number of ether oxygens (including phenoxy) is 1. The maximum atomic E-state index is 13.2. The number of esters is 1. The smallest absolute Gasteiger partial charge is 0.328 e. The third-order valence-corrected chi connectivity index (χ3v) is 8.40. The minimum absolute atomic E-state index is 0.157. The van der Waals surface area contributed by atoms with E-state index in [1.165, 1.54) is 12.0 Å². The third kappa shape index (κ3) is 7.65. The summed E-state index contributed by atoms with van der Waals surface area (Å²) >= 11 is 0. The Labute approximate surface area is 201 Å². The summed E-state index contributed by atoms with van der Waals surface area (Å²) < 4.78 is 17.8. The summed E-state index contributed by atoms with van der Waals surface area (Å²) in [6.45, 7) is 5.83. The molecule has 2 amide bonds. The van der Waals surface area contributed by atoms with Gasteiger partial charge in [0, 0.05) is 18.6 Å².